The molecule has 3 heterocycles. The van der Waals surface area contributed by atoms with Crippen molar-refractivity contribution in [1.82, 2.24) is 24.6 Å². The van der Waals surface area contributed by atoms with Gasteiger partial charge in [0.2, 0.25) is 0 Å². The number of aromatic nitrogens is 4. The molecule has 0 atom stereocenters. The molecule has 5 N–H and O–H groups in total. The lowest BCUT2D eigenvalue weighted by Crippen LogP contribution is -2.22. The van der Waals surface area contributed by atoms with Gasteiger partial charge in [-0.2, -0.15) is 10.4 Å². The molecule has 3 aromatic rings. The molecule has 4 rings (SSSR count). The fourth-order valence-electron chi connectivity index (χ4n) is 3.74. The van der Waals surface area contributed by atoms with Crippen molar-refractivity contribution >= 4 is 17.4 Å². The molecule has 1 amide bonds. The molecule has 0 saturated carbocycles. The minimum absolute atomic E-state index is 0.157. The number of nitrogen functional groups attached to an aromatic ring is 1. The Labute approximate surface area is 185 Å². The number of hydrogen-bond acceptors (Lipinski definition) is 8. The first-order valence-electron chi connectivity index (χ1n) is 10.5. The molecule has 2 aromatic heterocycles. The van der Waals surface area contributed by atoms with Crippen LogP contribution < -0.4 is 16.8 Å². The molecule has 0 radical (unpaired) electrons. The van der Waals surface area contributed by atoms with Gasteiger partial charge in [-0.05, 0) is 51.0 Å². The van der Waals surface area contributed by atoms with Gasteiger partial charge >= 0.3 is 0 Å². The van der Waals surface area contributed by atoms with Crippen LogP contribution in [0.4, 0.5) is 11.5 Å². The fraction of sp³-hybridized carbons (Fsp3) is 0.318. The normalized spacial score (nSPS) is 13.7. The Hall–Kier alpha value is -3.97. The number of benzene rings is 1. The van der Waals surface area contributed by atoms with Gasteiger partial charge in [0.25, 0.3) is 5.91 Å². The summed E-state index contributed by atoms with van der Waals surface area (Å²) in [7, 11) is 0. The van der Waals surface area contributed by atoms with E-state index in [-0.39, 0.29) is 17.2 Å². The number of hydrogen-bond donors (Lipinski definition) is 3. The largest absolute Gasteiger partial charge is 0.384 e. The third-order valence-corrected chi connectivity index (χ3v) is 5.47. The average Bonchev–Trinajstić information content (AvgIpc) is 3.49. The molecule has 1 saturated heterocycles. The number of likely N-dealkylation sites (tertiary alicyclic amines) is 1. The van der Waals surface area contributed by atoms with Crippen molar-refractivity contribution in [3.05, 3.63) is 47.9 Å². The zero-order valence-corrected chi connectivity index (χ0v) is 17.7. The quantitative estimate of drug-likeness (QED) is 0.456. The van der Waals surface area contributed by atoms with E-state index in [0.717, 1.165) is 30.8 Å². The van der Waals surface area contributed by atoms with Crippen LogP contribution in [0.15, 0.2) is 36.8 Å². The lowest BCUT2D eigenvalue weighted by Gasteiger charge is -2.15. The maximum atomic E-state index is 11.3. The van der Waals surface area contributed by atoms with E-state index in [0.29, 0.717) is 11.3 Å². The van der Waals surface area contributed by atoms with Crippen molar-refractivity contribution in [1.29, 1.82) is 5.26 Å². The number of nitrogens with two attached hydrogens (primary N) is 2. The van der Waals surface area contributed by atoms with Crippen LogP contribution in [-0.4, -0.2) is 56.7 Å². The van der Waals surface area contributed by atoms with E-state index in [1.165, 1.54) is 49.2 Å². The maximum Gasteiger partial charge on any atom is 0.251 e. The number of anilines is 2. The summed E-state index contributed by atoms with van der Waals surface area (Å²) in [4.78, 5) is 22.5. The molecule has 1 aliphatic heterocycles. The summed E-state index contributed by atoms with van der Waals surface area (Å²) in [6.45, 7) is 4.25. The summed E-state index contributed by atoms with van der Waals surface area (Å²) in [6.07, 6.45) is 7.93. The van der Waals surface area contributed by atoms with Crippen molar-refractivity contribution in [2.45, 2.75) is 19.3 Å². The van der Waals surface area contributed by atoms with Gasteiger partial charge < -0.3 is 21.7 Å². The average molecular weight is 432 g/mol. The first-order chi connectivity index (χ1) is 15.5. The molecule has 0 spiro atoms. The number of carbonyl (C=O) groups is 1. The van der Waals surface area contributed by atoms with Crippen molar-refractivity contribution in [3.63, 3.8) is 0 Å². The smallest absolute Gasteiger partial charge is 0.251 e. The molecule has 0 aliphatic carbocycles. The van der Waals surface area contributed by atoms with E-state index in [9.17, 15) is 10.1 Å². The maximum absolute atomic E-state index is 11.3. The van der Waals surface area contributed by atoms with Crippen LogP contribution in [-0.2, 0) is 0 Å². The highest BCUT2D eigenvalue weighted by Crippen LogP contribution is 2.25. The Morgan fingerprint density at radius 3 is 2.78 bits per heavy atom. The molecular weight excluding hydrogens is 406 g/mol. The Balaban J connectivity index is 1.50. The number of nitrogens with zero attached hydrogens (tertiary/aromatic N) is 6. The van der Waals surface area contributed by atoms with Gasteiger partial charge in [-0.3, -0.25) is 4.79 Å². The van der Waals surface area contributed by atoms with Gasteiger partial charge in [0.15, 0.2) is 11.6 Å². The molecule has 1 aromatic carbocycles. The van der Waals surface area contributed by atoms with Gasteiger partial charge in [-0.25, -0.2) is 14.6 Å². The summed E-state index contributed by atoms with van der Waals surface area (Å²) < 4.78 is 1.35. The number of primary amides is 1. The Bertz CT molecular complexity index is 1160. The third kappa shape index (κ3) is 4.68. The van der Waals surface area contributed by atoms with E-state index >= 15 is 0 Å². The second-order valence-electron chi connectivity index (χ2n) is 7.70. The molecule has 10 heteroatoms. The summed E-state index contributed by atoms with van der Waals surface area (Å²) in [5.41, 5.74) is 14.1. The van der Waals surface area contributed by atoms with Gasteiger partial charge in [0.1, 0.15) is 6.07 Å². The van der Waals surface area contributed by atoms with E-state index < -0.39 is 5.91 Å². The number of rotatable bonds is 8. The SMILES string of the molecule is N#Cc1cc(-c2cnc(N)c(-n3cc(C(N)=O)cn3)n2)ccc1NCCCN1CCCC1. The zero-order chi connectivity index (χ0) is 22.5. The Kier molecular flexibility index (Phi) is 6.28. The van der Waals surface area contributed by atoms with Crippen LogP contribution in [0.25, 0.3) is 17.1 Å². The van der Waals surface area contributed by atoms with Gasteiger partial charge in [-0.1, -0.05) is 6.07 Å². The van der Waals surface area contributed by atoms with Crippen molar-refractivity contribution in [3.8, 4) is 23.1 Å². The van der Waals surface area contributed by atoms with Crippen LogP contribution in [0.2, 0.25) is 0 Å². The topological polar surface area (TPSA) is 152 Å². The molecule has 164 valence electrons. The number of nitrogens with one attached hydrogen (secondary N) is 1. The molecule has 10 nitrogen and oxygen atoms in total. The Morgan fingerprint density at radius 2 is 2.06 bits per heavy atom. The van der Waals surface area contributed by atoms with E-state index in [4.69, 9.17) is 11.5 Å². The van der Waals surface area contributed by atoms with Crippen LogP contribution in [0.3, 0.4) is 0 Å². The van der Waals surface area contributed by atoms with E-state index in [1.54, 1.807) is 6.07 Å². The fourth-order valence-corrected chi connectivity index (χ4v) is 3.74. The van der Waals surface area contributed by atoms with Crippen LogP contribution in [0.5, 0.6) is 0 Å². The van der Waals surface area contributed by atoms with Crippen molar-refractivity contribution in [2.24, 2.45) is 5.73 Å². The molecule has 0 unspecified atom stereocenters. The first-order valence-corrected chi connectivity index (χ1v) is 10.5. The highest BCUT2D eigenvalue weighted by Gasteiger charge is 2.14. The van der Waals surface area contributed by atoms with Crippen LogP contribution in [0, 0.1) is 11.3 Å². The molecule has 0 bridgehead atoms. The van der Waals surface area contributed by atoms with Gasteiger partial charge in [-0.15, -0.1) is 0 Å². The molecular formula is C22H25N9O. The number of nitriles is 1. The van der Waals surface area contributed by atoms with Gasteiger partial charge in [0.05, 0.1) is 34.9 Å². The van der Waals surface area contributed by atoms with Gasteiger partial charge in [0, 0.05) is 18.3 Å². The second kappa shape index (κ2) is 9.45. The lowest BCUT2D eigenvalue weighted by molar-refractivity contribution is 0.100. The molecule has 1 fully saturated rings. The number of amides is 1. The molecule has 32 heavy (non-hydrogen) atoms. The predicted octanol–water partition coefficient (Wildman–Crippen LogP) is 1.78. The first kappa shape index (κ1) is 21.3. The zero-order valence-electron chi connectivity index (χ0n) is 17.7. The monoisotopic (exact) mass is 431 g/mol. The standard InChI is InChI=1S/C22H25N9O/c23-11-16-10-15(4-5-18(16)26-6-3-9-30-7-1-2-8-30)19-13-27-20(24)22(29-19)31-14-17(12-28-31)21(25)32/h4-5,10,12-14,26H,1-3,6-9H2,(H2,24,27)(H2,25,32). The minimum Gasteiger partial charge on any atom is -0.384 e. The minimum atomic E-state index is -0.596. The summed E-state index contributed by atoms with van der Waals surface area (Å²) in [6, 6.07) is 7.77. The summed E-state index contributed by atoms with van der Waals surface area (Å²) in [5.74, 6) is -0.164. The highest BCUT2D eigenvalue weighted by molar-refractivity contribution is 5.92. The molecule has 1 aliphatic rings. The highest BCUT2D eigenvalue weighted by atomic mass is 16.1. The number of carbonyl (C=O) groups excluding carboxylic acids is 1. The van der Waals surface area contributed by atoms with Crippen LogP contribution >= 0.6 is 0 Å². The van der Waals surface area contributed by atoms with Crippen molar-refractivity contribution < 1.29 is 4.79 Å². The van der Waals surface area contributed by atoms with E-state index in [1.807, 2.05) is 12.1 Å². The Morgan fingerprint density at radius 1 is 1.25 bits per heavy atom. The lowest BCUT2D eigenvalue weighted by atomic mass is 10.1. The second-order valence-corrected chi connectivity index (χ2v) is 7.70. The van der Waals surface area contributed by atoms with Crippen LogP contribution in [0.1, 0.15) is 35.2 Å². The summed E-state index contributed by atoms with van der Waals surface area (Å²) in [5, 5.41) is 17.1. The third-order valence-electron chi connectivity index (χ3n) is 5.47. The van der Waals surface area contributed by atoms with Crippen molar-refractivity contribution in [2.75, 3.05) is 37.2 Å². The van der Waals surface area contributed by atoms with E-state index in [2.05, 4.69) is 31.4 Å². The predicted molar refractivity (Wildman–Crippen MR) is 121 cm³/mol. The summed E-state index contributed by atoms with van der Waals surface area (Å²) >= 11 is 0.